The zero-order valence-corrected chi connectivity index (χ0v) is 21.4. The summed E-state index contributed by atoms with van der Waals surface area (Å²) >= 11 is 0. The van der Waals surface area contributed by atoms with E-state index >= 15 is 0 Å². The van der Waals surface area contributed by atoms with Gasteiger partial charge in [0.2, 0.25) is 0 Å². The third-order valence-corrected chi connectivity index (χ3v) is 6.80. The van der Waals surface area contributed by atoms with Crippen LogP contribution in [0.25, 0.3) is 0 Å². The average Bonchev–Trinajstić information content (AvgIpc) is 2.74. The van der Waals surface area contributed by atoms with E-state index in [0.717, 1.165) is 11.8 Å². The first kappa shape index (κ1) is 29.0. The van der Waals surface area contributed by atoms with Crippen molar-refractivity contribution in [2.45, 2.75) is 169 Å². The van der Waals surface area contributed by atoms with Crippen molar-refractivity contribution < 1.29 is 4.74 Å². The summed E-state index contributed by atoms with van der Waals surface area (Å²) in [5, 5.41) is 0. The van der Waals surface area contributed by atoms with E-state index < -0.39 is 0 Å². The molecule has 29 heavy (non-hydrogen) atoms. The molecule has 0 aliphatic carbocycles. The minimum Gasteiger partial charge on any atom is -0.374 e. The highest BCUT2D eigenvalue weighted by Crippen LogP contribution is 2.32. The smallest absolute Gasteiger partial charge is 0.0607 e. The Morgan fingerprint density at radius 3 is 0.862 bits per heavy atom. The van der Waals surface area contributed by atoms with Gasteiger partial charge in [0.05, 0.1) is 12.2 Å². The molecule has 0 saturated heterocycles. The van der Waals surface area contributed by atoms with Crippen molar-refractivity contribution in [1.29, 1.82) is 0 Å². The summed E-state index contributed by atoms with van der Waals surface area (Å²) in [6.07, 6.45) is 25.1. The predicted octanol–water partition coefficient (Wildman–Crippen LogP) is 10.1. The van der Waals surface area contributed by atoms with E-state index in [2.05, 4.69) is 41.5 Å². The molecule has 0 aliphatic rings. The molecule has 0 aromatic heterocycles. The molecular formula is C28H58O. The van der Waals surface area contributed by atoms with Crippen LogP contribution in [0.4, 0.5) is 0 Å². The molecule has 2 unspecified atom stereocenters. The maximum Gasteiger partial charge on any atom is 0.0607 e. The number of rotatable bonds is 22. The molecule has 0 aliphatic heterocycles. The van der Waals surface area contributed by atoms with E-state index in [0.29, 0.717) is 12.2 Å². The fraction of sp³-hybridized carbons (Fsp3) is 1.00. The quantitative estimate of drug-likeness (QED) is 0.172. The molecule has 0 N–H and O–H groups in total. The fourth-order valence-electron chi connectivity index (χ4n) is 4.76. The van der Waals surface area contributed by atoms with Gasteiger partial charge in [-0.2, -0.15) is 0 Å². The zero-order chi connectivity index (χ0) is 21.7. The molecule has 0 aromatic rings. The largest absolute Gasteiger partial charge is 0.374 e. The third kappa shape index (κ3) is 14.6. The first-order chi connectivity index (χ1) is 14.2. The summed E-state index contributed by atoms with van der Waals surface area (Å²) in [4.78, 5) is 0. The molecule has 2 atom stereocenters. The van der Waals surface area contributed by atoms with E-state index in [1.54, 1.807) is 0 Å². The lowest BCUT2D eigenvalue weighted by Crippen LogP contribution is -2.34. The first-order valence-corrected chi connectivity index (χ1v) is 13.8. The van der Waals surface area contributed by atoms with Crippen LogP contribution in [0.15, 0.2) is 0 Å². The maximum atomic E-state index is 7.17. The summed E-state index contributed by atoms with van der Waals surface area (Å²) < 4.78 is 7.17. The van der Waals surface area contributed by atoms with Crippen LogP contribution < -0.4 is 0 Å². The van der Waals surface area contributed by atoms with Gasteiger partial charge >= 0.3 is 0 Å². The van der Waals surface area contributed by atoms with Gasteiger partial charge in [-0.05, 0) is 50.4 Å². The molecule has 0 fully saturated rings. The number of hydrogen-bond donors (Lipinski definition) is 0. The average molecular weight is 411 g/mol. The molecule has 0 rings (SSSR count). The number of hydrogen-bond acceptors (Lipinski definition) is 1. The summed E-state index contributed by atoms with van der Waals surface area (Å²) in [7, 11) is 0. The first-order valence-electron chi connectivity index (χ1n) is 13.8. The van der Waals surface area contributed by atoms with Crippen LogP contribution in [0.3, 0.4) is 0 Å². The van der Waals surface area contributed by atoms with E-state index in [1.807, 2.05) is 0 Å². The summed E-state index contributed by atoms with van der Waals surface area (Å²) in [6, 6.07) is 0. The Hall–Kier alpha value is -0.0400. The maximum absolute atomic E-state index is 7.17. The van der Waals surface area contributed by atoms with Gasteiger partial charge in [0, 0.05) is 0 Å². The lowest BCUT2D eigenvalue weighted by Gasteiger charge is -2.35. The Kier molecular flexibility index (Phi) is 21.2. The second-order valence-corrected chi connectivity index (χ2v) is 9.59. The van der Waals surface area contributed by atoms with Gasteiger partial charge < -0.3 is 4.74 Å². The molecule has 0 amide bonds. The van der Waals surface area contributed by atoms with Gasteiger partial charge in [0.15, 0.2) is 0 Å². The van der Waals surface area contributed by atoms with Gasteiger partial charge in [0.1, 0.15) is 0 Å². The van der Waals surface area contributed by atoms with E-state index in [4.69, 9.17) is 4.74 Å². The zero-order valence-electron chi connectivity index (χ0n) is 21.4. The third-order valence-electron chi connectivity index (χ3n) is 6.80. The SMILES string of the molecule is CCCCC(CCCC)C(CCCC)OC(CCCC)C(CCCC)CCCC. The molecule has 0 bridgehead atoms. The highest BCUT2D eigenvalue weighted by molar-refractivity contribution is 4.78. The topological polar surface area (TPSA) is 9.23 Å². The lowest BCUT2D eigenvalue weighted by molar-refractivity contribution is -0.0840. The minimum atomic E-state index is 0.501. The standard InChI is InChI=1S/C28H58O/c1-7-13-19-25(20-14-8-2)27(23-17-11-5)29-28(24-18-12-6)26(21-15-9-3)22-16-10-4/h25-28H,7-24H2,1-6H3. The van der Waals surface area contributed by atoms with Crippen LogP contribution in [0, 0.1) is 11.8 Å². The van der Waals surface area contributed by atoms with Gasteiger partial charge in [-0.25, -0.2) is 0 Å². The van der Waals surface area contributed by atoms with Crippen molar-refractivity contribution >= 4 is 0 Å². The van der Waals surface area contributed by atoms with Crippen LogP contribution in [0.1, 0.15) is 157 Å². The van der Waals surface area contributed by atoms with Crippen molar-refractivity contribution in [3.05, 3.63) is 0 Å². The second kappa shape index (κ2) is 21.2. The Balaban J connectivity index is 5.37. The van der Waals surface area contributed by atoms with Crippen LogP contribution in [-0.2, 0) is 4.74 Å². The number of unbranched alkanes of at least 4 members (excludes halogenated alkanes) is 6. The Bertz CT molecular complexity index is 267. The number of ether oxygens (including phenoxy) is 1. The summed E-state index contributed by atoms with van der Waals surface area (Å²) in [5.74, 6) is 1.56. The van der Waals surface area contributed by atoms with E-state index in [-0.39, 0.29) is 0 Å². The highest BCUT2D eigenvalue weighted by Gasteiger charge is 2.28. The second-order valence-electron chi connectivity index (χ2n) is 9.59. The summed E-state index contributed by atoms with van der Waals surface area (Å²) in [6.45, 7) is 14.0. The van der Waals surface area contributed by atoms with Crippen molar-refractivity contribution in [2.24, 2.45) is 11.8 Å². The van der Waals surface area contributed by atoms with E-state index in [9.17, 15) is 0 Å². The molecule has 0 radical (unpaired) electrons. The van der Waals surface area contributed by atoms with Crippen LogP contribution in [-0.4, -0.2) is 12.2 Å². The molecule has 0 aromatic carbocycles. The minimum absolute atomic E-state index is 0.501. The van der Waals surface area contributed by atoms with Gasteiger partial charge in [-0.3, -0.25) is 0 Å². The van der Waals surface area contributed by atoms with Crippen molar-refractivity contribution in [2.75, 3.05) is 0 Å². The molecule has 0 saturated carbocycles. The molecule has 1 nitrogen and oxygen atoms in total. The monoisotopic (exact) mass is 410 g/mol. The molecule has 0 heterocycles. The molecule has 176 valence electrons. The van der Waals surface area contributed by atoms with Gasteiger partial charge in [-0.15, -0.1) is 0 Å². The van der Waals surface area contributed by atoms with Crippen molar-refractivity contribution in [1.82, 2.24) is 0 Å². The Labute approximate surface area is 186 Å². The Morgan fingerprint density at radius 1 is 0.379 bits per heavy atom. The molecule has 0 spiro atoms. The van der Waals surface area contributed by atoms with Gasteiger partial charge in [0.25, 0.3) is 0 Å². The lowest BCUT2D eigenvalue weighted by atomic mass is 9.85. The van der Waals surface area contributed by atoms with Crippen LogP contribution in [0.2, 0.25) is 0 Å². The predicted molar refractivity (Wildman–Crippen MR) is 133 cm³/mol. The summed E-state index contributed by atoms with van der Waals surface area (Å²) in [5.41, 5.74) is 0. The van der Waals surface area contributed by atoms with Crippen molar-refractivity contribution in [3.8, 4) is 0 Å². The molecular weight excluding hydrogens is 352 g/mol. The van der Waals surface area contributed by atoms with Crippen molar-refractivity contribution in [3.63, 3.8) is 0 Å². The van der Waals surface area contributed by atoms with Crippen LogP contribution in [0.5, 0.6) is 0 Å². The molecule has 1 heteroatoms. The van der Waals surface area contributed by atoms with Crippen LogP contribution >= 0.6 is 0 Å². The highest BCUT2D eigenvalue weighted by atomic mass is 16.5. The van der Waals surface area contributed by atoms with Gasteiger partial charge in [-0.1, -0.05) is 119 Å². The Morgan fingerprint density at radius 2 is 0.621 bits per heavy atom. The van der Waals surface area contributed by atoms with E-state index in [1.165, 1.54) is 116 Å². The fourth-order valence-corrected chi connectivity index (χ4v) is 4.76. The normalized spacial score (nSPS) is 14.1.